The summed E-state index contributed by atoms with van der Waals surface area (Å²) in [5.74, 6) is 2.65. The van der Waals surface area contributed by atoms with Crippen molar-refractivity contribution in [2.24, 2.45) is 0 Å². The number of terminal acetylenes is 1. The zero-order chi connectivity index (χ0) is 13.7. The minimum atomic E-state index is 0.255. The molecular weight excluding hydrogens is 254 g/mol. The van der Waals surface area contributed by atoms with E-state index in [1.165, 1.54) is 5.56 Å². The molecule has 2 heteroatoms. The first-order valence-corrected chi connectivity index (χ1v) is 6.69. The highest BCUT2D eigenvalue weighted by atomic mass is 35.5. The van der Waals surface area contributed by atoms with Gasteiger partial charge < -0.3 is 5.32 Å². The number of nitrogens with one attached hydrogen (secondary N) is 1. The van der Waals surface area contributed by atoms with Gasteiger partial charge in [-0.2, -0.15) is 0 Å². The summed E-state index contributed by atoms with van der Waals surface area (Å²) in [6, 6.07) is 16.1. The molecule has 0 heterocycles. The van der Waals surface area contributed by atoms with Crippen molar-refractivity contribution in [1.82, 2.24) is 0 Å². The molecule has 19 heavy (non-hydrogen) atoms. The first-order valence-electron chi connectivity index (χ1n) is 6.31. The van der Waals surface area contributed by atoms with E-state index in [-0.39, 0.29) is 6.04 Å². The Balaban J connectivity index is 2.19. The van der Waals surface area contributed by atoms with Gasteiger partial charge in [0, 0.05) is 16.3 Å². The third-order valence-corrected chi connectivity index (χ3v) is 3.30. The van der Waals surface area contributed by atoms with Crippen molar-refractivity contribution in [1.29, 1.82) is 0 Å². The van der Waals surface area contributed by atoms with E-state index in [4.69, 9.17) is 18.0 Å². The monoisotopic (exact) mass is 269 g/mol. The highest BCUT2D eigenvalue weighted by Gasteiger charge is 2.08. The first-order chi connectivity index (χ1) is 9.22. The quantitative estimate of drug-likeness (QED) is 0.780. The van der Waals surface area contributed by atoms with E-state index in [0.29, 0.717) is 0 Å². The summed E-state index contributed by atoms with van der Waals surface area (Å²) in [6.45, 7) is 2.15. The zero-order valence-corrected chi connectivity index (χ0v) is 11.6. The lowest BCUT2D eigenvalue weighted by Gasteiger charge is -2.19. The van der Waals surface area contributed by atoms with Crippen LogP contribution in [-0.4, -0.2) is 0 Å². The fourth-order valence-electron chi connectivity index (χ4n) is 2.02. The summed E-state index contributed by atoms with van der Waals surface area (Å²) in [4.78, 5) is 0. The van der Waals surface area contributed by atoms with Gasteiger partial charge in [0.1, 0.15) is 0 Å². The molecule has 0 amide bonds. The number of hydrogen-bond donors (Lipinski definition) is 1. The lowest BCUT2D eigenvalue weighted by Crippen LogP contribution is -2.09. The van der Waals surface area contributed by atoms with E-state index in [9.17, 15) is 0 Å². The van der Waals surface area contributed by atoms with E-state index >= 15 is 0 Å². The number of anilines is 1. The Morgan fingerprint density at radius 3 is 2.58 bits per heavy atom. The van der Waals surface area contributed by atoms with Gasteiger partial charge in [0.2, 0.25) is 0 Å². The zero-order valence-electron chi connectivity index (χ0n) is 10.9. The smallest absolute Gasteiger partial charge is 0.0511 e. The van der Waals surface area contributed by atoms with Crippen LogP contribution in [0.15, 0.2) is 48.5 Å². The molecule has 0 spiro atoms. The molecule has 0 aliphatic rings. The Hall–Kier alpha value is -1.91. The molecule has 1 atom stereocenters. The normalized spacial score (nSPS) is 11.6. The van der Waals surface area contributed by atoms with Crippen LogP contribution in [0, 0.1) is 12.3 Å². The molecule has 1 unspecified atom stereocenters. The predicted molar refractivity (Wildman–Crippen MR) is 82.5 cm³/mol. The third kappa shape index (κ3) is 3.53. The molecule has 1 N–H and O–H groups in total. The van der Waals surface area contributed by atoms with Crippen molar-refractivity contribution in [3.63, 3.8) is 0 Å². The molecule has 0 aliphatic carbocycles. The van der Waals surface area contributed by atoms with E-state index in [1.54, 1.807) is 0 Å². The molecule has 96 valence electrons. The number of benzene rings is 2. The minimum absolute atomic E-state index is 0.255. The maximum absolute atomic E-state index is 5.92. The summed E-state index contributed by atoms with van der Waals surface area (Å²) >= 11 is 5.92. The Morgan fingerprint density at radius 1 is 1.21 bits per heavy atom. The van der Waals surface area contributed by atoms with Gasteiger partial charge in [-0.25, -0.2) is 0 Å². The third-order valence-electron chi connectivity index (χ3n) is 3.05. The molecule has 0 radical (unpaired) electrons. The van der Waals surface area contributed by atoms with E-state index in [1.807, 2.05) is 36.4 Å². The lowest BCUT2D eigenvalue weighted by atomic mass is 10.0. The highest BCUT2D eigenvalue weighted by Crippen LogP contribution is 2.24. The summed E-state index contributed by atoms with van der Waals surface area (Å²) in [7, 11) is 0. The number of rotatable bonds is 4. The van der Waals surface area contributed by atoms with E-state index in [2.05, 4.69) is 30.3 Å². The average Bonchev–Trinajstić information content (AvgIpc) is 2.46. The Morgan fingerprint density at radius 2 is 1.95 bits per heavy atom. The molecule has 0 saturated carbocycles. The topological polar surface area (TPSA) is 12.0 Å². The van der Waals surface area contributed by atoms with Crippen molar-refractivity contribution < 1.29 is 0 Å². The van der Waals surface area contributed by atoms with E-state index < -0.39 is 0 Å². The van der Waals surface area contributed by atoms with Gasteiger partial charge >= 0.3 is 0 Å². The molecule has 0 aliphatic heterocycles. The predicted octanol–water partition coefficient (Wildman–Crippen LogP) is 4.88. The SMILES string of the molecule is C#Cc1cccc(NC(CC)c2ccc(Cl)cc2)c1. The molecule has 0 fully saturated rings. The van der Waals surface area contributed by atoms with Gasteiger partial charge in [-0.05, 0) is 42.3 Å². The number of halogens is 1. The van der Waals surface area contributed by atoms with Crippen LogP contribution < -0.4 is 5.32 Å². The second kappa shape index (κ2) is 6.31. The van der Waals surface area contributed by atoms with Crippen LogP contribution >= 0.6 is 11.6 Å². The second-order valence-corrected chi connectivity index (χ2v) is 4.82. The van der Waals surface area contributed by atoms with Crippen molar-refractivity contribution >= 4 is 17.3 Å². The van der Waals surface area contributed by atoms with Crippen LogP contribution in [0.1, 0.15) is 30.5 Å². The summed E-state index contributed by atoms with van der Waals surface area (Å²) in [5.41, 5.74) is 3.14. The molecule has 0 saturated heterocycles. The molecule has 1 nitrogen and oxygen atoms in total. The number of hydrogen-bond acceptors (Lipinski definition) is 1. The fourth-order valence-corrected chi connectivity index (χ4v) is 2.14. The van der Waals surface area contributed by atoms with Gasteiger partial charge in [0.25, 0.3) is 0 Å². The average molecular weight is 270 g/mol. The standard InChI is InChI=1S/C17H16ClN/c1-3-13-6-5-7-16(12-13)19-17(4-2)14-8-10-15(18)11-9-14/h1,5-12,17,19H,4H2,2H3. The van der Waals surface area contributed by atoms with Gasteiger partial charge in [0.15, 0.2) is 0 Å². The lowest BCUT2D eigenvalue weighted by molar-refractivity contribution is 0.749. The van der Waals surface area contributed by atoms with Crippen molar-refractivity contribution in [2.75, 3.05) is 5.32 Å². The van der Waals surface area contributed by atoms with Gasteiger partial charge in [0.05, 0.1) is 6.04 Å². The van der Waals surface area contributed by atoms with Crippen LogP contribution in [0.4, 0.5) is 5.69 Å². The first kappa shape index (κ1) is 13.5. The molecule has 2 aromatic rings. The van der Waals surface area contributed by atoms with Gasteiger partial charge in [-0.3, -0.25) is 0 Å². The van der Waals surface area contributed by atoms with Gasteiger partial charge in [-0.1, -0.05) is 42.6 Å². The van der Waals surface area contributed by atoms with Crippen LogP contribution in [0.2, 0.25) is 5.02 Å². The molecular formula is C17H16ClN. The molecule has 0 aromatic heterocycles. The summed E-state index contributed by atoms with van der Waals surface area (Å²) < 4.78 is 0. The maximum atomic E-state index is 5.92. The summed E-state index contributed by atoms with van der Waals surface area (Å²) in [5, 5.41) is 4.26. The maximum Gasteiger partial charge on any atom is 0.0511 e. The highest BCUT2D eigenvalue weighted by molar-refractivity contribution is 6.30. The van der Waals surface area contributed by atoms with Crippen molar-refractivity contribution in [3.8, 4) is 12.3 Å². The van der Waals surface area contributed by atoms with Crippen LogP contribution in [0.5, 0.6) is 0 Å². The molecule has 0 bridgehead atoms. The van der Waals surface area contributed by atoms with Crippen molar-refractivity contribution in [2.45, 2.75) is 19.4 Å². The van der Waals surface area contributed by atoms with E-state index in [0.717, 1.165) is 22.7 Å². The van der Waals surface area contributed by atoms with Crippen molar-refractivity contribution in [3.05, 3.63) is 64.7 Å². The second-order valence-electron chi connectivity index (χ2n) is 4.38. The Bertz CT molecular complexity index is 581. The largest absolute Gasteiger partial charge is 0.378 e. The van der Waals surface area contributed by atoms with Gasteiger partial charge in [-0.15, -0.1) is 6.42 Å². The van der Waals surface area contributed by atoms with Crippen LogP contribution in [0.25, 0.3) is 0 Å². The minimum Gasteiger partial charge on any atom is -0.378 e. The molecule has 2 rings (SSSR count). The fraction of sp³-hybridized carbons (Fsp3) is 0.176. The Labute approximate surface area is 119 Å². The molecule has 2 aromatic carbocycles. The Kier molecular flexibility index (Phi) is 4.49. The van der Waals surface area contributed by atoms with Crippen LogP contribution in [0.3, 0.4) is 0 Å². The summed E-state index contributed by atoms with van der Waals surface area (Å²) in [6.07, 6.45) is 6.41. The van der Waals surface area contributed by atoms with Crippen LogP contribution in [-0.2, 0) is 0 Å².